The van der Waals surface area contributed by atoms with Crippen LogP contribution in [-0.4, -0.2) is 94.2 Å². The van der Waals surface area contributed by atoms with Gasteiger partial charge in [-0.15, -0.1) is 0 Å². The number of benzene rings is 2. The normalized spacial score (nSPS) is 20.2. The zero-order valence-electron chi connectivity index (χ0n) is 29.0. The molecule has 14 nitrogen and oxygen atoms in total. The van der Waals surface area contributed by atoms with Gasteiger partial charge in [0.15, 0.2) is 0 Å². The first-order chi connectivity index (χ1) is 24.5. The van der Waals surface area contributed by atoms with Crippen LogP contribution in [-0.2, 0) is 30.2 Å². The smallest absolute Gasteiger partial charge is 0.262 e. The molecule has 0 radical (unpaired) electrons. The highest BCUT2D eigenvalue weighted by atomic mass is 16.5. The van der Waals surface area contributed by atoms with Crippen LogP contribution in [0.25, 0.3) is 22.0 Å². The molecule has 6 heterocycles. The molecule has 3 fully saturated rings. The molecule has 1 unspecified atom stereocenters. The molecule has 4 amide bonds. The van der Waals surface area contributed by atoms with Crippen molar-refractivity contribution in [3.05, 3.63) is 69.8 Å². The van der Waals surface area contributed by atoms with Gasteiger partial charge in [-0.1, -0.05) is 0 Å². The SMILES string of the molecule is COc1cc(-c2cn(C)c(=O)c3cnn(C)c23)cc(OC)c1CN1CCC2(CC1)CN(c1ccc3c(c1)C(=O)N(C1CCC(=O)NC1=O)C3=O)C2. The van der Waals surface area contributed by atoms with Crippen LogP contribution in [0.5, 0.6) is 11.5 Å². The summed E-state index contributed by atoms with van der Waals surface area (Å²) in [6, 6.07) is 8.33. The Balaban J connectivity index is 0.942. The van der Waals surface area contributed by atoms with E-state index in [1.807, 2.05) is 31.4 Å². The first kappa shape index (κ1) is 32.7. The predicted octanol–water partition coefficient (Wildman–Crippen LogP) is 2.46. The molecule has 1 atom stereocenters. The first-order valence-electron chi connectivity index (χ1n) is 17.1. The van der Waals surface area contributed by atoms with E-state index in [0.717, 1.165) is 71.8 Å². The molecule has 264 valence electrons. The van der Waals surface area contributed by atoms with Crippen LogP contribution in [0.15, 0.2) is 47.5 Å². The second-order valence-corrected chi connectivity index (χ2v) is 14.2. The van der Waals surface area contributed by atoms with E-state index in [1.54, 1.807) is 48.8 Å². The number of hydrogen-bond acceptors (Lipinski definition) is 10. The summed E-state index contributed by atoms with van der Waals surface area (Å²) in [5, 5.41) is 7.12. The summed E-state index contributed by atoms with van der Waals surface area (Å²) < 4.78 is 15.1. The van der Waals surface area contributed by atoms with E-state index in [0.29, 0.717) is 29.0 Å². The molecule has 2 aromatic carbocycles. The average molecular weight is 694 g/mol. The fourth-order valence-electron chi connectivity index (χ4n) is 8.25. The number of pyridine rings is 1. The first-order valence-corrected chi connectivity index (χ1v) is 17.1. The van der Waals surface area contributed by atoms with Gasteiger partial charge < -0.3 is 18.9 Å². The number of carbonyl (C=O) groups excluding carboxylic acids is 4. The van der Waals surface area contributed by atoms with E-state index in [9.17, 15) is 24.0 Å². The standard InChI is InChI=1S/C37H39N7O7/c1-40-17-26(32-25(34(40)47)16-38-41(32)2)21-13-29(50-3)27(30(14-21)51-4)18-42-11-9-37(10-12-42)19-43(20-37)22-5-6-23-24(15-22)36(49)44(35(23)48)28-7-8-31(45)39-33(28)46/h5-6,13-17,28H,7-12,18-20H2,1-4H3,(H,39,45,46). The number of imide groups is 2. The lowest BCUT2D eigenvalue weighted by atomic mass is 9.71. The Kier molecular flexibility index (Phi) is 7.74. The van der Waals surface area contributed by atoms with Crippen LogP contribution < -0.4 is 25.2 Å². The average Bonchev–Trinajstić information content (AvgIpc) is 3.61. The van der Waals surface area contributed by atoms with Gasteiger partial charge in [0.25, 0.3) is 17.4 Å². The molecule has 0 bridgehead atoms. The molecule has 0 saturated carbocycles. The van der Waals surface area contributed by atoms with Crippen molar-refractivity contribution >= 4 is 40.2 Å². The number of ether oxygens (including phenoxy) is 2. The Morgan fingerprint density at radius 3 is 2.25 bits per heavy atom. The number of aryl methyl sites for hydroxylation is 2. The van der Waals surface area contributed by atoms with Crippen molar-refractivity contribution in [3.8, 4) is 22.6 Å². The maximum absolute atomic E-state index is 13.3. The number of likely N-dealkylation sites (tertiary alicyclic amines) is 1. The summed E-state index contributed by atoms with van der Waals surface area (Å²) in [7, 11) is 6.88. The largest absolute Gasteiger partial charge is 0.496 e. The monoisotopic (exact) mass is 693 g/mol. The lowest BCUT2D eigenvalue weighted by molar-refractivity contribution is -0.136. The Hall–Kier alpha value is -5.50. The van der Waals surface area contributed by atoms with Crippen molar-refractivity contribution in [2.24, 2.45) is 19.5 Å². The number of rotatable bonds is 7. The molecular weight excluding hydrogens is 654 g/mol. The summed E-state index contributed by atoms with van der Waals surface area (Å²) in [4.78, 5) is 68.9. The molecule has 1 N–H and O–H groups in total. The van der Waals surface area contributed by atoms with E-state index in [1.165, 1.54) is 0 Å². The van der Waals surface area contributed by atoms with Gasteiger partial charge in [-0.3, -0.25) is 43.8 Å². The van der Waals surface area contributed by atoms with Crippen molar-refractivity contribution in [1.29, 1.82) is 0 Å². The highest BCUT2D eigenvalue weighted by molar-refractivity contribution is 6.23. The number of fused-ring (bicyclic) bond motifs is 2. The van der Waals surface area contributed by atoms with Crippen LogP contribution in [0.1, 0.15) is 52.0 Å². The molecule has 14 heteroatoms. The Labute approximate surface area is 293 Å². The maximum Gasteiger partial charge on any atom is 0.262 e. The summed E-state index contributed by atoms with van der Waals surface area (Å²) in [6.07, 6.45) is 5.66. The van der Waals surface area contributed by atoms with Gasteiger partial charge in [-0.25, -0.2) is 0 Å². The minimum Gasteiger partial charge on any atom is -0.496 e. The quantitative estimate of drug-likeness (QED) is 0.286. The molecule has 3 saturated heterocycles. The lowest BCUT2D eigenvalue weighted by Crippen LogP contribution is -2.60. The van der Waals surface area contributed by atoms with Crippen LogP contribution in [0.2, 0.25) is 0 Å². The van der Waals surface area contributed by atoms with Crippen LogP contribution in [0.4, 0.5) is 5.69 Å². The summed E-state index contributed by atoms with van der Waals surface area (Å²) >= 11 is 0. The third-order valence-electron chi connectivity index (χ3n) is 11.1. The number of carbonyl (C=O) groups is 4. The third-order valence-corrected chi connectivity index (χ3v) is 11.1. The predicted molar refractivity (Wildman–Crippen MR) is 187 cm³/mol. The van der Waals surface area contributed by atoms with Crippen molar-refractivity contribution in [2.75, 3.05) is 45.3 Å². The zero-order valence-corrected chi connectivity index (χ0v) is 29.0. The number of anilines is 1. The van der Waals surface area contributed by atoms with Crippen LogP contribution in [0, 0.1) is 5.41 Å². The highest BCUT2D eigenvalue weighted by Gasteiger charge is 2.47. The number of nitrogens with one attached hydrogen (secondary N) is 1. The lowest BCUT2D eigenvalue weighted by Gasteiger charge is -2.55. The topological polar surface area (TPSA) is 148 Å². The number of methoxy groups -OCH3 is 2. The molecule has 51 heavy (non-hydrogen) atoms. The number of amides is 4. The molecule has 1 spiro atoms. The molecule has 4 aromatic rings. The van der Waals surface area contributed by atoms with Gasteiger partial charge >= 0.3 is 0 Å². The zero-order chi connectivity index (χ0) is 35.8. The van der Waals surface area contributed by atoms with Crippen molar-refractivity contribution in [1.82, 2.24) is 29.5 Å². The van der Waals surface area contributed by atoms with E-state index in [-0.39, 0.29) is 29.4 Å². The second-order valence-electron chi connectivity index (χ2n) is 14.2. The molecule has 2 aromatic heterocycles. The van der Waals surface area contributed by atoms with E-state index < -0.39 is 29.7 Å². The van der Waals surface area contributed by atoms with Gasteiger partial charge in [0, 0.05) is 63.0 Å². The molecule has 0 aliphatic carbocycles. The van der Waals surface area contributed by atoms with Crippen molar-refractivity contribution in [3.63, 3.8) is 0 Å². The Morgan fingerprint density at radius 2 is 1.59 bits per heavy atom. The molecule has 8 rings (SSSR count). The van der Waals surface area contributed by atoms with Crippen LogP contribution in [0.3, 0.4) is 0 Å². The van der Waals surface area contributed by atoms with E-state index >= 15 is 0 Å². The number of aromatic nitrogens is 3. The van der Waals surface area contributed by atoms with Gasteiger partial charge in [0.1, 0.15) is 17.5 Å². The second kappa shape index (κ2) is 12.1. The Bertz CT molecular complexity index is 2180. The molecule has 4 aliphatic heterocycles. The fraction of sp³-hybridized carbons (Fsp3) is 0.405. The Morgan fingerprint density at radius 1 is 0.902 bits per heavy atom. The minimum absolute atomic E-state index is 0.0870. The summed E-state index contributed by atoms with van der Waals surface area (Å²) in [5.74, 6) is -0.572. The third kappa shape index (κ3) is 5.27. The van der Waals surface area contributed by atoms with Gasteiger partial charge in [0.05, 0.1) is 48.0 Å². The number of piperidine rings is 2. The van der Waals surface area contributed by atoms with E-state index in [4.69, 9.17) is 9.47 Å². The minimum atomic E-state index is -0.980. The highest BCUT2D eigenvalue weighted by Crippen LogP contribution is 2.45. The van der Waals surface area contributed by atoms with Crippen molar-refractivity contribution in [2.45, 2.75) is 38.3 Å². The summed E-state index contributed by atoms with van der Waals surface area (Å²) in [5.41, 5.74) is 4.95. The number of hydrogen-bond donors (Lipinski definition) is 1. The van der Waals surface area contributed by atoms with E-state index in [2.05, 4.69) is 20.2 Å². The number of nitrogens with zero attached hydrogens (tertiary/aromatic N) is 6. The fourth-order valence-corrected chi connectivity index (χ4v) is 8.25. The van der Waals surface area contributed by atoms with Crippen molar-refractivity contribution < 1.29 is 28.7 Å². The van der Waals surface area contributed by atoms with Gasteiger partial charge in [-0.05, 0) is 68.2 Å². The molecule has 4 aliphatic rings. The van der Waals surface area contributed by atoms with Crippen LogP contribution >= 0.6 is 0 Å². The van der Waals surface area contributed by atoms with Gasteiger partial charge in [-0.2, -0.15) is 5.10 Å². The maximum atomic E-state index is 13.3. The van der Waals surface area contributed by atoms with Gasteiger partial charge in [0.2, 0.25) is 11.8 Å². The molecular formula is C37H39N7O7. The summed E-state index contributed by atoms with van der Waals surface area (Å²) in [6.45, 7) is 4.16.